The lowest BCUT2D eigenvalue weighted by molar-refractivity contribution is 0.399. The van der Waals surface area contributed by atoms with Crippen LogP contribution in [0.15, 0.2) is 38.2 Å². The van der Waals surface area contributed by atoms with E-state index in [-0.39, 0.29) is 10.7 Å². The van der Waals surface area contributed by atoms with Gasteiger partial charge in [0.05, 0.1) is 0 Å². The Bertz CT molecular complexity index is 679. The summed E-state index contributed by atoms with van der Waals surface area (Å²) >= 11 is 3.21. The molecule has 1 heterocycles. The molecule has 0 fully saturated rings. The Morgan fingerprint density at radius 2 is 1.94 bits per heavy atom. The first-order valence-corrected chi connectivity index (χ1v) is 7.39. The minimum Gasteiger partial charge on any atom is -0.359 e. The van der Waals surface area contributed by atoms with E-state index in [4.69, 9.17) is 4.52 Å². The zero-order chi connectivity index (χ0) is 13.3. The first kappa shape index (κ1) is 13.1. The van der Waals surface area contributed by atoms with E-state index in [2.05, 4.69) is 25.8 Å². The average molecular weight is 331 g/mol. The number of benzene rings is 1. The average Bonchev–Trinajstić information content (AvgIpc) is 2.61. The van der Waals surface area contributed by atoms with Gasteiger partial charge in [0.25, 0.3) is 10.0 Å². The molecule has 0 aliphatic rings. The normalized spacial score (nSPS) is 11.5. The second kappa shape index (κ2) is 4.74. The van der Waals surface area contributed by atoms with Gasteiger partial charge in [-0.25, -0.2) is 8.42 Å². The van der Waals surface area contributed by atoms with Crippen LogP contribution in [-0.2, 0) is 10.0 Å². The van der Waals surface area contributed by atoms with Gasteiger partial charge < -0.3 is 4.52 Å². The van der Waals surface area contributed by atoms with Crippen LogP contribution in [-0.4, -0.2) is 13.6 Å². The van der Waals surface area contributed by atoms with Crippen LogP contribution in [0.3, 0.4) is 0 Å². The lowest BCUT2D eigenvalue weighted by Crippen LogP contribution is -2.14. The predicted octanol–water partition coefficient (Wildman–Crippen LogP) is 2.85. The number of nitrogens with zero attached hydrogens (tertiary/aromatic N) is 1. The van der Waals surface area contributed by atoms with E-state index in [0.717, 1.165) is 0 Å². The quantitative estimate of drug-likeness (QED) is 0.939. The van der Waals surface area contributed by atoms with E-state index >= 15 is 0 Å². The summed E-state index contributed by atoms with van der Waals surface area (Å²) < 4.78 is 32.1. The van der Waals surface area contributed by atoms with Crippen LogP contribution in [0.5, 0.6) is 0 Å². The standard InChI is InChI=1S/C11H11BrN2O3S/c1-7-8(2)17-13-11(7)14-18(15,16)10-6-4-3-5-9(10)12/h3-6H,1-2H3,(H,13,14). The van der Waals surface area contributed by atoms with Crippen molar-refractivity contribution in [1.82, 2.24) is 5.16 Å². The lowest BCUT2D eigenvalue weighted by atomic mass is 10.3. The molecule has 1 aromatic heterocycles. The molecule has 5 nitrogen and oxygen atoms in total. The molecule has 0 saturated carbocycles. The number of rotatable bonds is 3. The monoisotopic (exact) mass is 330 g/mol. The predicted molar refractivity (Wildman–Crippen MR) is 70.9 cm³/mol. The first-order chi connectivity index (χ1) is 8.42. The van der Waals surface area contributed by atoms with Gasteiger partial charge in [0.2, 0.25) is 0 Å². The van der Waals surface area contributed by atoms with Crippen molar-refractivity contribution < 1.29 is 12.9 Å². The summed E-state index contributed by atoms with van der Waals surface area (Å²) in [4.78, 5) is 0.157. The molecule has 2 rings (SSSR count). The molecule has 1 N–H and O–H groups in total. The summed E-state index contributed by atoms with van der Waals surface area (Å²) in [5, 5.41) is 3.68. The molecule has 0 radical (unpaired) electrons. The van der Waals surface area contributed by atoms with Crippen molar-refractivity contribution >= 4 is 31.8 Å². The van der Waals surface area contributed by atoms with E-state index in [1.54, 1.807) is 32.0 Å². The molecule has 0 saturated heterocycles. The number of hydrogen-bond acceptors (Lipinski definition) is 4. The molecule has 96 valence electrons. The van der Waals surface area contributed by atoms with Crippen molar-refractivity contribution in [1.29, 1.82) is 0 Å². The van der Waals surface area contributed by atoms with Crippen LogP contribution in [0, 0.1) is 13.8 Å². The SMILES string of the molecule is Cc1onc(NS(=O)(=O)c2ccccc2Br)c1C. The van der Waals surface area contributed by atoms with Crippen molar-refractivity contribution in [2.75, 3.05) is 4.72 Å². The summed E-state index contributed by atoms with van der Waals surface area (Å²) in [5.74, 6) is 0.795. The molecule has 1 aromatic carbocycles. The van der Waals surface area contributed by atoms with Gasteiger partial charge in [0, 0.05) is 10.0 Å². The van der Waals surface area contributed by atoms with Gasteiger partial charge >= 0.3 is 0 Å². The summed E-state index contributed by atoms with van der Waals surface area (Å²) in [6, 6.07) is 6.57. The zero-order valence-corrected chi connectivity index (χ0v) is 12.2. The highest BCUT2D eigenvalue weighted by Crippen LogP contribution is 2.25. The highest BCUT2D eigenvalue weighted by molar-refractivity contribution is 9.10. The second-order valence-corrected chi connectivity index (χ2v) is 6.25. The number of nitrogens with one attached hydrogen (secondary N) is 1. The van der Waals surface area contributed by atoms with Crippen LogP contribution in [0.1, 0.15) is 11.3 Å². The number of halogens is 1. The van der Waals surface area contributed by atoms with Crippen LogP contribution < -0.4 is 4.72 Å². The van der Waals surface area contributed by atoms with Gasteiger partial charge in [-0.05, 0) is 41.9 Å². The van der Waals surface area contributed by atoms with Gasteiger partial charge in [-0.3, -0.25) is 4.72 Å². The largest absolute Gasteiger partial charge is 0.359 e. The van der Waals surface area contributed by atoms with Crippen molar-refractivity contribution in [3.63, 3.8) is 0 Å². The number of hydrogen-bond donors (Lipinski definition) is 1. The third-order valence-corrected chi connectivity index (χ3v) is 4.87. The lowest BCUT2D eigenvalue weighted by Gasteiger charge is -2.07. The van der Waals surface area contributed by atoms with Gasteiger partial charge in [-0.1, -0.05) is 17.3 Å². The molecule has 0 unspecified atom stereocenters. The Labute approximate surface area is 113 Å². The smallest absolute Gasteiger partial charge is 0.264 e. The number of aryl methyl sites for hydroxylation is 1. The highest BCUT2D eigenvalue weighted by Gasteiger charge is 2.20. The molecule has 0 amide bonds. The van der Waals surface area contributed by atoms with E-state index in [9.17, 15) is 8.42 Å². The maximum Gasteiger partial charge on any atom is 0.264 e. The fourth-order valence-corrected chi connectivity index (χ4v) is 3.42. The Balaban J connectivity index is 2.40. The summed E-state index contributed by atoms with van der Waals surface area (Å²) in [5.41, 5.74) is 0.672. The zero-order valence-electron chi connectivity index (χ0n) is 9.77. The number of sulfonamides is 1. The van der Waals surface area contributed by atoms with Gasteiger partial charge in [0.1, 0.15) is 10.7 Å². The van der Waals surface area contributed by atoms with Crippen LogP contribution in [0.25, 0.3) is 0 Å². The Kier molecular flexibility index (Phi) is 3.45. The molecular weight excluding hydrogens is 320 g/mol. The summed E-state index contributed by atoms with van der Waals surface area (Å²) in [6.45, 7) is 3.46. The molecular formula is C11H11BrN2O3S. The third-order valence-electron chi connectivity index (χ3n) is 2.51. The van der Waals surface area contributed by atoms with E-state index < -0.39 is 10.0 Å². The van der Waals surface area contributed by atoms with E-state index in [0.29, 0.717) is 15.8 Å². The Hall–Kier alpha value is -1.34. The van der Waals surface area contributed by atoms with Crippen molar-refractivity contribution in [2.45, 2.75) is 18.7 Å². The van der Waals surface area contributed by atoms with Gasteiger partial charge in [-0.2, -0.15) is 0 Å². The molecule has 7 heteroatoms. The fraction of sp³-hybridized carbons (Fsp3) is 0.182. The maximum absolute atomic E-state index is 12.2. The Morgan fingerprint density at radius 3 is 2.50 bits per heavy atom. The summed E-state index contributed by atoms with van der Waals surface area (Å²) in [7, 11) is -3.67. The molecule has 2 aromatic rings. The van der Waals surface area contributed by atoms with Crippen molar-refractivity contribution in [3.05, 3.63) is 40.1 Å². The second-order valence-electron chi connectivity index (χ2n) is 3.75. The van der Waals surface area contributed by atoms with Gasteiger partial charge in [-0.15, -0.1) is 0 Å². The fourth-order valence-electron chi connectivity index (χ4n) is 1.36. The highest BCUT2D eigenvalue weighted by atomic mass is 79.9. The van der Waals surface area contributed by atoms with Crippen LogP contribution in [0.2, 0.25) is 0 Å². The Morgan fingerprint density at radius 1 is 1.28 bits per heavy atom. The number of anilines is 1. The van der Waals surface area contributed by atoms with E-state index in [1.807, 2.05) is 0 Å². The number of aromatic nitrogens is 1. The molecule has 0 aliphatic carbocycles. The van der Waals surface area contributed by atoms with Crippen molar-refractivity contribution in [3.8, 4) is 0 Å². The molecule has 0 aliphatic heterocycles. The van der Waals surface area contributed by atoms with Crippen molar-refractivity contribution in [2.24, 2.45) is 0 Å². The maximum atomic E-state index is 12.2. The van der Waals surface area contributed by atoms with Gasteiger partial charge in [0.15, 0.2) is 5.82 Å². The third kappa shape index (κ3) is 2.41. The minimum absolute atomic E-state index is 0.157. The minimum atomic E-state index is -3.67. The first-order valence-electron chi connectivity index (χ1n) is 5.12. The summed E-state index contributed by atoms with van der Waals surface area (Å²) in [6.07, 6.45) is 0. The van der Waals surface area contributed by atoms with Crippen LogP contribution >= 0.6 is 15.9 Å². The molecule has 0 atom stereocenters. The van der Waals surface area contributed by atoms with Crippen LogP contribution in [0.4, 0.5) is 5.82 Å². The van der Waals surface area contributed by atoms with E-state index in [1.165, 1.54) is 6.07 Å². The molecule has 18 heavy (non-hydrogen) atoms. The molecule has 0 spiro atoms. The molecule has 0 bridgehead atoms. The topological polar surface area (TPSA) is 72.2 Å².